The van der Waals surface area contributed by atoms with Crippen molar-refractivity contribution in [2.75, 3.05) is 5.32 Å². The highest BCUT2D eigenvalue weighted by Crippen LogP contribution is 2.15. The average Bonchev–Trinajstić information content (AvgIpc) is 2.83. The molecular weight excluding hydrogens is 210 g/mol. The summed E-state index contributed by atoms with van der Waals surface area (Å²) < 4.78 is 2.00. The zero-order valence-corrected chi connectivity index (χ0v) is 10.6. The van der Waals surface area contributed by atoms with Gasteiger partial charge in [0.25, 0.3) is 0 Å². The lowest BCUT2D eigenvalue weighted by molar-refractivity contribution is 0.560. The third kappa shape index (κ3) is 2.87. The summed E-state index contributed by atoms with van der Waals surface area (Å²) in [4.78, 5) is 4.04. The van der Waals surface area contributed by atoms with E-state index in [9.17, 15) is 0 Å². The molecule has 90 valence electrons. The summed E-state index contributed by atoms with van der Waals surface area (Å²) in [5, 5.41) is 3.49. The third-order valence-corrected chi connectivity index (χ3v) is 3.06. The molecule has 0 spiro atoms. The van der Waals surface area contributed by atoms with E-state index >= 15 is 0 Å². The molecule has 1 N–H and O–H groups in total. The van der Waals surface area contributed by atoms with Gasteiger partial charge in [-0.1, -0.05) is 13.8 Å². The van der Waals surface area contributed by atoms with Crippen molar-refractivity contribution in [2.24, 2.45) is 5.92 Å². The first kappa shape index (κ1) is 11.7. The fourth-order valence-electron chi connectivity index (χ4n) is 1.57. The molecule has 2 rings (SSSR count). The lowest BCUT2D eigenvalue weighted by atomic mass is 10.1. The molecule has 3 nitrogen and oxygen atoms in total. The van der Waals surface area contributed by atoms with Gasteiger partial charge in [0.1, 0.15) is 0 Å². The largest absolute Gasteiger partial charge is 0.382 e. The first-order chi connectivity index (χ1) is 8.16. The van der Waals surface area contributed by atoms with E-state index in [-0.39, 0.29) is 0 Å². The second-order valence-electron chi connectivity index (χ2n) is 4.69. The second kappa shape index (κ2) is 5.04. The fourth-order valence-corrected chi connectivity index (χ4v) is 1.57. The molecule has 0 saturated carbocycles. The summed E-state index contributed by atoms with van der Waals surface area (Å²) in [6.45, 7) is 6.64. The van der Waals surface area contributed by atoms with Crippen LogP contribution in [0.2, 0.25) is 0 Å². The Balaban J connectivity index is 2.08. The maximum atomic E-state index is 4.04. The van der Waals surface area contributed by atoms with E-state index in [4.69, 9.17) is 0 Å². The van der Waals surface area contributed by atoms with Crippen molar-refractivity contribution in [3.8, 4) is 5.69 Å². The van der Waals surface area contributed by atoms with Gasteiger partial charge in [-0.25, -0.2) is 4.98 Å². The van der Waals surface area contributed by atoms with Gasteiger partial charge >= 0.3 is 0 Å². The molecule has 0 radical (unpaired) electrons. The number of aromatic nitrogens is 2. The molecule has 2 aromatic rings. The zero-order valence-electron chi connectivity index (χ0n) is 10.6. The Labute approximate surface area is 103 Å². The number of anilines is 1. The molecule has 0 saturated heterocycles. The Hall–Kier alpha value is -1.77. The molecule has 0 bridgehead atoms. The van der Waals surface area contributed by atoms with Gasteiger partial charge in [-0.05, 0) is 37.1 Å². The highest BCUT2D eigenvalue weighted by molar-refractivity contribution is 5.49. The van der Waals surface area contributed by atoms with Gasteiger partial charge in [0.05, 0.1) is 6.33 Å². The molecule has 1 atom stereocenters. The van der Waals surface area contributed by atoms with Gasteiger partial charge in [-0.15, -0.1) is 0 Å². The van der Waals surface area contributed by atoms with Crippen LogP contribution in [0.3, 0.4) is 0 Å². The summed E-state index contributed by atoms with van der Waals surface area (Å²) >= 11 is 0. The molecule has 3 heteroatoms. The molecule has 0 amide bonds. The Kier molecular flexibility index (Phi) is 3.47. The molecule has 0 aliphatic heterocycles. The quantitative estimate of drug-likeness (QED) is 0.871. The molecular formula is C14H19N3. The topological polar surface area (TPSA) is 29.9 Å². The van der Waals surface area contributed by atoms with Crippen LogP contribution in [0.4, 0.5) is 5.69 Å². The van der Waals surface area contributed by atoms with Crippen molar-refractivity contribution in [1.29, 1.82) is 0 Å². The van der Waals surface area contributed by atoms with Crippen molar-refractivity contribution in [1.82, 2.24) is 9.55 Å². The first-order valence-electron chi connectivity index (χ1n) is 6.02. The molecule has 0 aliphatic carbocycles. The normalized spacial score (nSPS) is 12.7. The van der Waals surface area contributed by atoms with Crippen molar-refractivity contribution < 1.29 is 0 Å². The van der Waals surface area contributed by atoms with E-state index in [0.29, 0.717) is 12.0 Å². The average molecular weight is 229 g/mol. The van der Waals surface area contributed by atoms with E-state index < -0.39 is 0 Å². The predicted octanol–water partition coefficient (Wildman–Crippen LogP) is 3.33. The van der Waals surface area contributed by atoms with E-state index in [1.165, 1.54) is 0 Å². The standard InChI is InChI=1S/C14H19N3/c1-11(2)12(3)16-13-4-6-14(7-5-13)17-9-8-15-10-17/h4-12,16H,1-3H3. The lowest BCUT2D eigenvalue weighted by Crippen LogP contribution is -2.21. The molecule has 1 aromatic heterocycles. The van der Waals surface area contributed by atoms with E-state index in [0.717, 1.165) is 11.4 Å². The molecule has 0 aliphatic rings. The molecule has 1 unspecified atom stereocenters. The highest BCUT2D eigenvalue weighted by Gasteiger charge is 2.06. The maximum Gasteiger partial charge on any atom is 0.0991 e. The van der Waals surface area contributed by atoms with Crippen LogP contribution in [0.15, 0.2) is 43.0 Å². The van der Waals surface area contributed by atoms with Gasteiger partial charge in [0.15, 0.2) is 0 Å². The summed E-state index contributed by atoms with van der Waals surface area (Å²) in [7, 11) is 0. The van der Waals surface area contributed by atoms with Crippen molar-refractivity contribution in [3.63, 3.8) is 0 Å². The Morgan fingerprint density at radius 2 is 1.82 bits per heavy atom. The third-order valence-electron chi connectivity index (χ3n) is 3.06. The van der Waals surface area contributed by atoms with Gasteiger partial charge < -0.3 is 9.88 Å². The lowest BCUT2D eigenvalue weighted by Gasteiger charge is -2.19. The van der Waals surface area contributed by atoms with Crippen molar-refractivity contribution in [2.45, 2.75) is 26.8 Å². The Morgan fingerprint density at radius 3 is 2.35 bits per heavy atom. The van der Waals surface area contributed by atoms with Crippen LogP contribution in [0.5, 0.6) is 0 Å². The van der Waals surface area contributed by atoms with Crippen LogP contribution in [0.25, 0.3) is 5.69 Å². The number of imidazole rings is 1. The molecule has 17 heavy (non-hydrogen) atoms. The fraction of sp³-hybridized carbons (Fsp3) is 0.357. The Morgan fingerprint density at radius 1 is 1.12 bits per heavy atom. The maximum absolute atomic E-state index is 4.04. The van der Waals surface area contributed by atoms with Crippen LogP contribution in [-0.2, 0) is 0 Å². The smallest absolute Gasteiger partial charge is 0.0991 e. The van der Waals surface area contributed by atoms with Gasteiger partial charge in [0.2, 0.25) is 0 Å². The van der Waals surface area contributed by atoms with Gasteiger partial charge in [-0.3, -0.25) is 0 Å². The zero-order chi connectivity index (χ0) is 12.3. The minimum Gasteiger partial charge on any atom is -0.382 e. The highest BCUT2D eigenvalue weighted by atomic mass is 15.0. The summed E-state index contributed by atoms with van der Waals surface area (Å²) in [6, 6.07) is 8.88. The monoisotopic (exact) mass is 229 g/mol. The first-order valence-corrected chi connectivity index (χ1v) is 6.02. The van der Waals surface area contributed by atoms with E-state index in [1.807, 2.05) is 10.8 Å². The number of nitrogens with zero attached hydrogens (tertiary/aromatic N) is 2. The van der Waals surface area contributed by atoms with Gasteiger partial charge in [0, 0.05) is 29.8 Å². The summed E-state index contributed by atoms with van der Waals surface area (Å²) in [6.07, 6.45) is 5.53. The number of hydrogen-bond donors (Lipinski definition) is 1. The second-order valence-corrected chi connectivity index (χ2v) is 4.69. The van der Waals surface area contributed by atoms with Crippen LogP contribution >= 0.6 is 0 Å². The molecule has 1 heterocycles. The minimum atomic E-state index is 0.481. The van der Waals surface area contributed by atoms with Crippen LogP contribution in [0, 0.1) is 5.92 Å². The van der Waals surface area contributed by atoms with Crippen LogP contribution in [-0.4, -0.2) is 15.6 Å². The molecule has 1 aromatic carbocycles. The summed E-state index contributed by atoms with van der Waals surface area (Å²) in [5.41, 5.74) is 2.29. The summed E-state index contributed by atoms with van der Waals surface area (Å²) in [5.74, 6) is 0.628. The minimum absolute atomic E-state index is 0.481. The van der Waals surface area contributed by atoms with Crippen molar-refractivity contribution in [3.05, 3.63) is 43.0 Å². The Bertz CT molecular complexity index is 443. The van der Waals surface area contributed by atoms with Gasteiger partial charge in [-0.2, -0.15) is 0 Å². The van der Waals surface area contributed by atoms with Crippen LogP contribution in [0.1, 0.15) is 20.8 Å². The van der Waals surface area contributed by atoms with E-state index in [2.05, 4.69) is 55.3 Å². The SMILES string of the molecule is CC(C)C(C)Nc1ccc(-n2ccnc2)cc1. The number of nitrogens with one attached hydrogen (secondary N) is 1. The van der Waals surface area contributed by atoms with E-state index in [1.54, 1.807) is 12.5 Å². The number of rotatable bonds is 4. The van der Waals surface area contributed by atoms with Crippen LogP contribution < -0.4 is 5.32 Å². The number of benzene rings is 1. The predicted molar refractivity (Wildman–Crippen MR) is 71.5 cm³/mol. The molecule has 0 fully saturated rings. The number of hydrogen-bond acceptors (Lipinski definition) is 2. The van der Waals surface area contributed by atoms with Crippen molar-refractivity contribution >= 4 is 5.69 Å².